The number of piperazine rings is 1. The number of aromatic nitrogens is 1. The summed E-state index contributed by atoms with van der Waals surface area (Å²) in [5, 5.41) is 3.26. The van der Waals surface area contributed by atoms with Crippen molar-refractivity contribution < 1.29 is 8.42 Å². The molecule has 24 heavy (non-hydrogen) atoms. The third kappa shape index (κ3) is 3.85. The molecule has 0 amide bonds. The van der Waals surface area contributed by atoms with Crippen LogP contribution >= 0.6 is 11.3 Å². The number of hydrogen-bond donors (Lipinski definition) is 0. The third-order valence-corrected chi connectivity index (χ3v) is 7.23. The molecule has 0 unspecified atom stereocenters. The predicted octanol–water partition coefficient (Wildman–Crippen LogP) is 2.52. The second-order valence-corrected chi connectivity index (χ2v) is 8.96. The fourth-order valence-electron chi connectivity index (χ4n) is 2.80. The highest BCUT2D eigenvalue weighted by Crippen LogP contribution is 2.19. The zero-order valence-corrected chi connectivity index (χ0v) is 15.7. The molecular formula is C17H23N3O2S2. The molecule has 1 saturated heterocycles. The van der Waals surface area contributed by atoms with E-state index in [0.29, 0.717) is 18.0 Å². The topological polar surface area (TPSA) is 53.5 Å². The second-order valence-electron chi connectivity index (χ2n) is 6.08. The standard InChI is InChI=1S/C17H23N3O2S2/c1-3-17-18-15(13-23-17)12-19-8-10-20(11-9-19)24(21,22)16-6-4-14(2)5-7-16/h4-7,13H,3,8-12H2,1-2H3. The maximum absolute atomic E-state index is 12.7. The smallest absolute Gasteiger partial charge is 0.243 e. The van der Waals surface area contributed by atoms with Crippen LogP contribution in [-0.2, 0) is 23.0 Å². The van der Waals surface area contributed by atoms with Crippen LogP contribution in [0.3, 0.4) is 0 Å². The molecule has 1 fully saturated rings. The summed E-state index contributed by atoms with van der Waals surface area (Å²) in [6.45, 7) is 7.40. The summed E-state index contributed by atoms with van der Waals surface area (Å²) in [6, 6.07) is 7.07. The monoisotopic (exact) mass is 365 g/mol. The molecule has 3 rings (SSSR count). The van der Waals surface area contributed by atoms with Gasteiger partial charge in [-0.1, -0.05) is 24.6 Å². The average molecular weight is 366 g/mol. The van der Waals surface area contributed by atoms with Crippen molar-refractivity contribution >= 4 is 21.4 Å². The predicted molar refractivity (Wildman–Crippen MR) is 96.7 cm³/mol. The third-order valence-electron chi connectivity index (χ3n) is 4.28. The van der Waals surface area contributed by atoms with Crippen LogP contribution in [-0.4, -0.2) is 48.8 Å². The average Bonchev–Trinajstić information content (AvgIpc) is 3.03. The van der Waals surface area contributed by atoms with Gasteiger partial charge in [0.25, 0.3) is 0 Å². The quantitative estimate of drug-likeness (QED) is 0.817. The van der Waals surface area contributed by atoms with Gasteiger partial charge in [-0.05, 0) is 25.5 Å². The highest BCUT2D eigenvalue weighted by atomic mass is 32.2. The Kier molecular flexibility index (Phi) is 5.34. The zero-order chi connectivity index (χ0) is 17.2. The van der Waals surface area contributed by atoms with Crippen LogP contribution < -0.4 is 0 Å². The highest BCUT2D eigenvalue weighted by molar-refractivity contribution is 7.89. The number of hydrogen-bond acceptors (Lipinski definition) is 5. The van der Waals surface area contributed by atoms with Crippen LogP contribution in [0.25, 0.3) is 0 Å². The van der Waals surface area contributed by atoms with Gasteiger partial charge in [0.2, 0.25) is 10.0 Å². The number of aryl methyl sites for hydroxylation is 2. The first-order chi connectivity index (χ1) is 11.5. The Morgan fingerprint density at radius 1 is 1.12 bits per heavy atom. The van der Waals surface area contributed by atoms with Crippen molar-refractivity contribution in [3.05, 3.63) is 45.9 Å². The Morgan fingerprint density at radius 3 is 2.38 bits per heavy atom. The lowest BCUT2D eigenvalue weighted by Gasteiger charge is -2.33. The maximum atomic E-state index is 12.7. The molecular weight excluding hydrogens is 342 g/mol. The van der Waals surface area contributed by atoms with Gasteiger partial charge in [-0.3, -0.25) is 4.90 Å². The van der Waals surface area contributed by atoms with Crippen molar-refractivity contribution in [2.45, 2.75) is 31.7 Å². The highest BCUT2D eigenvalue weighted by Gasteiger charge is 2.28. The van der Waals surface area contributed by atoms with Gasteiger partial charge in [0, 0.05) is 38.1 Å². The largest absolute Gasteiger partial charge is 0.295 e. The van der Waals surface area contributed by atoms with Crippen molar-refractivity contribution in [3.8, 4) is 0 Å². The molecule has 0 radical (unpaired) electrons. The molecule has 2 aromatic rings. The van der Waals surface area contributed by atoms with Gasteiger partial charge >= 0.3 is 0 Å². The molecule has 0 saturated carbocycles. The first-order valence-corrected chi connectivity index (χ1v) is 10.5. The normalized spacial score (nSPS) is 17.2. The van der Waals surface area contributed by atoms with Gasteiger partial charge in [0.15, 0.2) is 0 Å². The molecule has 1 aliphatic heterocycles. The first kappa shape index (κ1) is 17.5. The van der Waals surface area contributed by atoms with Crippen molar-refractivity contribution in [1.82, 2.24) is 14.2 Å². The van der Waals surface area contributed by atoms with E-state index < -0.39 is 10.0 Å². The fourth-order valence-corrected chi connectivity index (χ4v) is 4.96. The zero-order valence-electron chi connectivity index (χ0n) is 14.1. The number of thiazole rings is 1. The van der Waals surface area contributed by atoms with Gasteiger partial charge < -0.3 is 0 Å². The summed E-state index contributed by atoms with van der Waals surface area (Å²) < 4.78 is 27.0. The lowest BCUT2D eigenvalue weighted by molar-refractivity contribution is 0.180. The Labute approximate surface area is 148 Å². The summed E-state index contributed by atoms with van der Waals surface area (Å²) in [7, 11) is -3.38. The number of nitrogens with zero attached hydrogens (tertiary/aromatic N) is 3. The van der Waals surface area contributed by atoms with Crippen molar-refractivity contribution in [1.29, 1.82) is 0 Å². The summed E-state index contributed by atoms with van der Waals surface area (Å²) in [4.78, 5) is 7.25. The van der Waals surface area contributed by atoms with E-state index in [4.69, 9.17) is 0 Å². The van der Waals surface area contributed by atoms with E-state index in [0.717, 1.165) is 42.3 Å². The summed E-state index contributed by atoms with van der Waals surface area (Å²) in [6.07, 6.45) is 0.966. The molecule has 0 atom stereocenters. The molecule has 1 aliphatic rings. The van der Waals surface area contributed by atoms with Crippen LogP contribution in [0, 0.1) is 6.92 Å². The molecule has 2 heterocycles. The summed E-state index contributed by atoms with van der Waals surface area (Å²) >= 11 is 1.70. The van der Waals surface area contributed by atoms with E-state index in [1.807, 2.05) is 19.1 Å². The van der Waals surface area contributed by atoms with E-state index in [9.17, 15) is 8.42 Å². The van der Waals surface area contributed by atoms with E-state index in [1.165, 1.54) is 0 Å². The first-order valence-electron chi connectivity index (χ1n) is 8.21. The van der Waals surface area contributed by atoms with E-state index in [-0.39, 0.29) is 0 Å². The maximum Gasteiger partial charge on any atom is 0.243 e. The number of sulfonamides is 1. The molecule has 130 valence electrons. The Balaban J connectivity index is 1.60. The molecule has 1 aromatic carbocycles. The Bertz CT molecular complexity index is 776. The van der Waals surface area contributed by atoms with Crippen LogP contribution in [0.5, 0.6) is 0 Å². The fraction of sp³-hybridized carbons (Fsp3) is 0.471. The lowest BCUT2D eigenvalue weighted by Crippen LogP contribution is -2.48. The van der Waals surface area contributed by atoms with Crippen LogP contribution in [0.2, 0.25) is 0 Å². The number of benzene rings is 1. The van der Waals surface area contributed by atoms with Crippen molar-refractivity contribution in [2.24, 2.45) is 0 Å². The minimum absolute atomic E-state index is 0.383. The molecule has 0 bridgehead atoms. The molecule has 0 N–H and O–H groups in total. The van der Waals surface area contributed by atoms with E-state index in [1.54, 1.807) is 27.8 Å². The van der Waals surface area contributed by atoms with Gasteiger partial charge in [0.05, 0.1) is 15.6 Å². The lowest BCUT2D eigenvalue weighted by atomic mass is 10.2. The molecule has 7 heteroatoms. The Hall–Kier alpha value is -1.28. The number of rotatable bonds is 5. The molecule has 5 nitrogen and oxygen atoms in total. The molecule has 1 aromatic heterocycles. The summed E-state index contributed by atoms with van der Waals surface area (Å²) in [5.74, 6) is 0. The van der Waals surface area contributed by atoms with Crippen LogP contribution in [0.4, 0.5) is 0 Å². The minimum Gasteiger partial charge on any atom is -0.295 e. The van der Waals surface area contributed by atoms with Gasteiger partial charge in [0.1, 0.15) is 0 Å². The van der Waals surface area contributed by atoms with Crippen molar-refractivity contribution in [2.75, 3.05) is 26.2 Å². The van der Waals surface area contributed by atoms with Crippen molar-refractivity contribution in [3.63, 3.8) is 0 Å². The van der Waals surface area contributed by atoms with Crippen LogP contribution in [0.1, 0.15) is 23.2 Å². The Morgan fingerprint density at radius 2 is 1.79 bits per heavy atom. The van der Waals surface area contributed by atoms with Crippen LogP contribution in [0.15, 0.2) is 34.5 Å². The van der Waals surface area contributed by atoms with Gasteiger partial charge in [-0.2, -0.15) is 4.31 Å². The second kappa shape index (κ2) is 7.31. The van der Waals surface area contributed by atoms with E-state index >= 15 is 0 Å². The van der Waals surface area contributed by atoms with Gasteiger partial charge in [-0.15, -0.1) is 11.3 Å². The van der Waals surface area contributed by atoms with Gasteiger partial charge in [-0.25, -0.2) is 13.4 Å². The SMILES string of the molecule is CCc1nc(CN2CCN(S(=O)(=O)c3ccc(C)cc3)CC2)cs1. The minimum atomic E-state index is -3.38. The molecule has 0 spiro atoms. The molecule has 0 aliphatic carbocycles. The van der Waals surface area contributed by atoms with E-state index in [2.05, 4.69) is 22.2 Å². The summed E-state index contributed by atoms with van der Waals surface area (Å²) in [5.41, 5.74) is 2.15.